The minimum atomic E-state index is -0.0343. The van der Waals surface area contributed by atoms with E-state index in [0.717, 1.165) is 39.0 Å². The van der Waals surface area contributed by atoms with Gasteiger partial charge in [0.1, 0.15) is 5.82 Å². The Hall–Kier alpha value is -4.61. The van der Waals surface area contributed by atoms with Crippen molar-refractivity contribution in [3.05, 3.63) is 132 Å². The predicted molar refractivity (Wildman–Crippen MR) is 204 cm³/mol. The molecule has 7 aromatic rings. The van der Waals surface area contributed by atoms with Crippen molar-refractivity contribution < 1.29 is 30.4 Å². The molecule has 0 radical (unpaired) electrons. The van der Waals surface area contributed by atoms with Crippen LogP contribution in [0.15, 0.2) is 97.3 Å². The van der Waals surface area contributed by atoms with Crippen molar-refractivity contribution in [1.29, 1.82) is 0 Å². The summed E-state index contributed by atoms with van der Waals surface area (Å²) in [4.78, 5) is 7.17. The van der Waals surface area contributed by atoms with Crippen LogP contribution in [0.25, 0.3) is 33.3 Å². The van der Waals surface area contributed by atoms with Gasteiger partial charge in [-0.05, 0) is 70.8 Å². The molecule has 6 nitrogen and oxygen atoms in total. The van der Waals surface area contributed by atoms with Crippen LogP contribution in [0.2, 0.25) is 0 Å². The average molecular weight is 851 g/mol. The van der Waals surface area contributed by atoms with Crippen LogP contribution in [-0.4, -0.2) is 28.3 Å². The first-order valence-corrected chi connectivity index (χ1v) is 17.5. The van der Waals surface area contributed by atoms with Gasteiger partial charge in [-0.25, -0.2) is 9.58 Å². The number of aromatic nitrogens is 4. The molecule has 260 valence electrons. The number of anilines is 1. The van der Waals surface area contributed by atoms with Gasteiger partial charge in [0.2, 0.25) is 0 Å². The van der Waals surface area contributed by atoms with E-state index in [1.807, 2.05) is 24.4 Å². The Bertz CT molecular complexity index is 2380. The first kappa shape index (κ1) is 34.8. The fraction of sp³-hybridized carbons (Fsp3) is 0.256. The molecule has 0 spiro atoms. The quantitative estimate of drug-likeness (QED) is 0.124. The fourth-order valence-electron chi connectivity index (χ4n) is 7.49. The van der Waals surface area contributed by atoms with Crippen LogP contribution in [0.4, 0.5) is 5.69 Å². The second-order valence-electron chi connectivity index (χ2n) is 15.0. The molecule has 0 unspecified atom stereocenters. The Morgan fingerprint density at radius 1 is 0.824 bits per heavy atom. The number of benzene rings is 4. The molecule has 4 heterocycles. The monoisotopic (exact) mass is 850 g/mol. The molecule has 0 amide bonds. The van der Waals surface area contributed by atoms with Crippen LogP contribution < -0.4 is 19.6 Å². The zero-order valence-electron chi connectivity index (χ0n) is 30.4. The number of para-hydroxylation sites is 1. The smallest absolute Gasteiger partial charge is 0.510 e. The molecule has 0 saturated heterocycles. The predicted octanol–water partition coefficient (Wildman–Crippen LogP) is 8.68. The number of ether oxygens (including phenoxy) is 1. The third-order valence-corrected chi connectivity index (χ3v) is 10.0. The van der Waals surface area contributed by atoms with E-state index in [4.69, 9.17) is 9.72 Å². The maximum absolute atomic E-state index is 6.56. The first-order valence-electron chi connectivity index (χ1n) is 17.5. The van der Waals surface area contributed by atoms with Gasteiger partial charge in [-0.1, -0.05) is 102 Å². The molecule has 0 fully saturated rings. The normalized spacial score (nSPS) is 12.8. The van der Waals surface area contributed by atoms with Crippen LogP contribution in [0.1, 0.15) is 77.0 Å². The third-order valence-electron chi connectivity index (χ3n) is 10.0. The van der Waals surface area contributed by atoms with Gasteiger partial charge in [-0.2, -0.15) is 18.2 Å². The SMILES string of the molecule is CC(C)c1cccc(C(C)C)c1B1N(C)c2ccc(Oc3[c-]c4c(cc3)c3ccccc3n4-c3cc(C(C)(C)C)ccn3)[c-]c2-n2[c-]cc[n+]21.[Pt]. The van der Waals surface area contributed by atoms with Crippen molar-refractivity contribution in [2.45, 2.75) is 65.7 Å². The van der Waals surface area contributed by atoms with E-state index in [-0.39, 0.29) is 33.5 Å². The molecule has 8 rings (SSSR count). The average Bonchev–Trinajstić information content (AvgIpc) is 3.71. The maximum Gasteiger partial charge on any atom is 0.651 e. The van der Waals surface area contributed by atoms with E-state index >= 15 is 0 Å². The zero-order valence-corrected chi connectivity index (χ0v) is 32.7. The Morgan fingerprint density at radius 2 is 1.53 bits per heavy atom. The van der Waals surface area contributed by atoms with E-state index in [9.17, 15) is 0 Å². The molecule has 0 aliphatic carbocycles. The summed E-state index contributed by atoms with van der Waals surface area (Å²) in [6.07, 6.45) is 7.46. The summed E-state index contributed by atoms with van der Waals surface area (Å²) in [5.74, 6) is 2.87. The van der Waals surface area contributed by atoms with Crippen molar-refractivity contribution in [1.82, 2.24) is 14.2 Å². The summed E-state index contributed by atoms with van der Waals surface area (Å²) >= 11 is 0. The van der Waals surface area contributed by atoms with Crippen LogP contribution in [-0.2, 0) is 26.5 Å². The summed E-state index contributed by atoms with van der Waals surface area (Å²) in [6, 6.07) is 36.9. The number of pyridine rings is 1. The molecule has 0 atom stereocenters. The molecule has 3 aromatic heterocycles. The van der Waals surface area contributed by atoms with Gasteiger partial charge in [0.15, 0.2) is 0 Å². The minimum Gasteiger partial charge on any atom is -0.510 e. The summed E-state index contributed by atoms with van der Waals surface area (Å²) in [5.41, 5.74) is 9.26. The van der Waals surface area contributed by atoms with E-state index in [1.165, 1.54) is 22.2 Å². The largest absolute Gasteiger partial charge is 0.651 e. The van der Waals surface area contributed by atoms with Crippen molar-refractivity contribution >= 4 is 39.9 Å². The van der Waals surface area contributed by atoms with Crippen molar-refractivity contribution in [3.63, 3.8) is 0 Å². The summed E-state index contributed by atoms with van der Waals surface area (Å²) in [6.45, 7) is 15.8. The van der Waals surface area contributed by atoms with Gasteiger partial charge in [0.05, 0.1) is 6.20 Å². The van der Waals surface area contributed by atoms with Crippen LogP contribution in [0.5, 0.6) is 11.5 Å². The standard InChI is InChI=1S/C43H42BN5O.Pt/c1-28(2)33-14-11-15-34(29(3)4)42(33)44-46(8)38-20-18-32(27-40(38)47-23-12-24-48(44)47)50-31-17-19-36-35-13-9-10-16-37(35)49(39(36)26-31)41-25-30(21-22-45-41)43(5,6)7;/h9-22,24-25,28-29H,1-8H3;/q-2;. The second kappa shape index (κ2) is 13.2. The molecule has 0 saturated carbocycles. The van der Waals surface area contributed by atoms with E-state index in [2.05, 4.69) is 165 Å². The van der Waals surface area contributed by atoms with Crippen molar-refractivity contribution in [2.24, 2.45) is 0 Å². The molecular formula is C43H42BN5OPt-2. The molecule has 8 heteroatoms. The summed E-state index contributed by atoms with van der Waals surface area (Å²) in [7, 11) is 2.17. The van der Waals surface area contributed by atoms with Crippen molar-refractivity contribution in [2.75, 3.05) is 11.9 Å². The minimum absolute atomic E-state index is 0. The fourth-order valence-corrected chi connectivity index (χ4v) is 7.49. The van der Waals surface area contributed by atoms with E-state index in [0.29, 0.717) is 23.3 Å². The molecule has 0 N–H and O–H groups in total. The summed E-state index contributed by atoms with van der Waals surface area (Å²) in [5, 5.41) is 2.25. The van der Waals surface area contributed by atoms with Gasteiger partial charge in [-0.3, -0.25) is 4.68 Å². The third kappa shape index (κ3) is 5.90. The number of hydrogen-bond donors (Lipinski definition) is 0. The van der Waals surface area contributed by atoms with Crippen LogP contribution in [0.3, 0.4) is 0 Å². The number of rotatable bonds is 6. The molecule has 4 aromatic carbocycles. The molecule has 0 bridgehead atoms. The zero-order chi connectivity index (χ0) is 34.9. The molecule has 1 aliphatic heterocycles. The maximum atomic E-state index is 6.56. The number of nitrogens with zero attached hydrogens (tertiary/aromatic N) is 5. The first-order chi connectivity index (χ1) is 24.0. The van der Waals surface area contributed by atoms with Crippen LogP contribution in [0, 0.1) is 18.3 Å². The summed E-state index contributed by atoms with van der Waals surface area (Å²) < 4.78 is 13.1. The Labute approximate surface area is 316 Å². The van der Waals surface area contributed by atoms with Gasteiger partial charge in [0, 0.05) is 49.7 Å². The Balaban J connectivity index is 0.00000406. The molecule has 51 heavy (non-hydrogen) atoms. The van der Waals surface area contributed by atoms with E-state index in [1.54, 1.807) is 0 Å². The Morgan fingerprint density at radius 3 is 2.25 bits per heavy atom. The van der Waals surface area contributed by atoms with Gasteiger partial charge >= 0.3 is 6.98 Å². The second-order valence-corrected chi connectivity index (χ2v) is 15.0. The van der Waals surface area contributed by atoms with E-state index < -0.39 is 0 Å². The Kier molecular flexibility index (Phi) is 9.00. The number of fused-ring (bicyclic) bond motifs is 6. The van der Waals surface area contributed by atoms with Crippen LogP contribution >= 0.6 is 0 Å². The topological polar surface area (TPSA) is 39.1 Å². The van der Waals surface area contributed by atoms with Crippen molar-refractivity contribution in [3.8, 4) is 23.0 Å². The van der Waals surface area contributed by atoms with Gasteiger partial charge < -0.3 is 14.1 Å². The molecular weight excluding hydrogens is 808 g/mol. The number of hydrogen-bond acceptors (Lipinski definition) is 3. The van der Waals surface area contributed by atoms with Gasteiger partial charge in [-0.15, -0.1) is 29.3 Å². The van der Waals surface area contributed by atoms with Gasteiger partial charge in [0.25, 0.3) is 0 Å². The molecule has 1 aliphatic rings.